The molecule has 0 unspecified atom stereocenters. The van der Waals surface area contributed by atoms with Crippen LogP contribution in [0.4, 0.5) is 11.5 Å². The van der Waals surface area contributed by atoms with Gasteiger partial charge >= 0.3 is 0 Å². The van der Waals surface area contributed by atoms with Crippen LogP contribution in [0.3, 0.4) is 0 Å². The minimum atomic E-state index is 0.581. The fraction of sp³-hybridized carbons (Fsp3) is 0.273. The van der Waals surface area contributed by atoms with Gasteiger partial charge in [-0.3, -0.25) is 4.68 Å². The van der Waals surface area contributed by atoms with Crippen LogP contribution < -0.4 is 5.32 Å². The van der Waals surface area contributed by atoms with Crippen LogP contribution in [0, 0.1) is 0 Å². The van der Waals surface area contributed by atoms with Gasteiger partial charge in [-0.2, -0.15) is 5.10 Å². The van der Waals surface area contributed by atoms with Crippen LogP contribution in [-0.4, -0.2) is 28.5 Å². The molecule has 0 spiro atoms. The monoisotopic (exact) mass is 252 g/mol. The maximum atomic E-state index is 5.99. The molecule has 5 nitrogen and oxygen atoms in total. The highest BCUT2D eigenvalue weighted by Crippen LogP contribution is 2.21. The lowest BCUT2D eigenvalue weighted by molar-refractivity contribution is 0.183. The molecule has 2 heterocycles. The van der Waals surface area contributed by atoms with Crippen LogP contribution in [0.25, 0.3) is 0 Å². The summed E-state index contributed by atoms with van der Waals surface area (Å²) < 4.78 is 6.77. The van der Waals surface area contributed by atoms with Crippen LogP contribution in [0.5, 0.6) is 0 Å². The molecule has 0 aliphatic heterocycles. The number of halogens is 1. The molecule has 0 radical (unpaired) electrons. The van der Waals surface area contributed by atoms with Gasteiger partial charge in [0.15, 0.2) is 0 Å². The van der Waals surface area contributed by atoms with Crippen LogP contribution in [0.15, 0.2) is 30.7 Å². The molecule has 17 heavy (non-hydrogen) atoms. The Morgan fingerprint density at radius 2 is 2.41 bits per heavy atom. The summed E-state index contributed by atoms with van der Waals surface area (Å²) in [5, 5.41) is 7.87. The largest absolute Gasteiger partial charge is 0.383 e. The Bertz CT molecular complexity index is 486. The first kappa shape index (κ1) is 11.9. The third kappa shape index (κ3) is 3.18. The topological polar surface area (TPSA) is 52.0 Å². The highest BCUT2D eigenvalue weighted by Gasteiger charge is 2.03. The summed E-state index contributed by atoms with van der Waals surface area (Å²) >= 11 is 5.99. The summed E-state index contributed by atoms with van der Waals surface area (Å²) in [6.45, 7) is 1.35. The van der Waals surface area contributed by atoms with Crippen molar-refractivity contribution in [2.75, 3.05) is 19.0 Å². The second kappa shape index (κ2) is 5.65. The number of nitrogens with one attached hydrogen (secondary N) is 1. The summed E-state index contributed by atoms with van der Waals surface area (Å²) in [6.07, 6.45) is 5.29. The fourth-order valence-electron chi connectivity index (χ4n) is 1.35. The summed E-state index contributed by atoms with van der Waals surface area (Å²) in [4.78, 5) is 4.14. The van der Waals surface area contributed by atoms with Crippen molar-refractivity contribution in [3.63, 3.8) is 0 Å². The summed E-state index contributed by atoms with van der Waals surface area (Å²) in [5.74, 6) is 0.625. The third-order valence-electron chi connectivity index (χ3n) is 2.18. The van der Waals surface area contributed by atoms with Crippen LogP contribution in [0.2, 0.25) is 5.02 Å². The maximum absolute atomic E-state index is 5.99. The molecule has 6 heteroatoms. The van der Waals surface area contributed by atoms with Crippen molar-refractivity contribution in [1.29, 1.82) is 0 Å². The first-order valence-corrected chi connectivity index (χ1v) is 5.56. The van der Waals surface area contributed by atoms with E-state index in [0.717, 1.165) is 5.69 Å². The molecule has 0 aliphatic rings. The molecule has 0 aromatic carbocycles. The van der Waals surface area contributed by atoms with Gasteiger partial charge in [-0.05, 0) is 12.1 Å². The summed E-state index contributed by atoms with van der Waals surface area (Å²) in [5.41, 5.74) is 0.849. The Kier molecular flexibility index (Phi) is 3.95. The molecule has 0 fully saturated rings. The molecule has 2 rings (SSSR count). The molecule has 0 aliphatic carbocycles. The van der Waals surface area contributed by atoms with Crippen molar-refractivity contribution < 1.29 is 4.74 Å². The lowest BCUT2D eigenvalue weighted by Gasteiger charge is -2.03. The number of rotatable bonds is 5. The number of aromatic nitrogens is 3. The van der Waals surface area contributed by atoms with Crippen molar-refractivity contribution in [1.82, 2.24) is 14.8 Å². The quantitative estimate of drug-likeness (QED) is 0.887. The number of nitrogens with zero attached hydrogens (tertiary/aromatic N) is 3. The standard InChI is InChI=1S/C11H13ClN4O/c1-17-6-5-16-8-9(7-14-16)15-11-10(12)3-2-4-13-11/h2-4,7-8H,5-6H2,1H3,(H,13,15). The zero-order valence-electron chi connectivity index (χ0n) is 9.43. The number of ether oxygens (including phenoxy) is 1. The minimum Gasteiger partial charge on any atom is -0.383 e. The lowest BCUT2D eigenvalue weighted by atomic mass is 10.4. The molecular weight excluding hydrogens is 240 g/mol. The first-order chi connectivity index (χ1) is 8.29. The van der Waals surface area contributed by atoms with Gasteiger partial charge in [0.1, 0.15) is 5.82 Å². The fourth-order valence-corrected chi connectivity index (χ4v) is 1.52. The van der Waals surface area contributed by atoms with E-state index in [1.807, 2.05) is 6.20 Å². The average Bonchev–Trinajstić information content (AvgIpc) is 2.77. The number of methoxy groups -OCH3 is 1. The van der Waals surface area contributed by atoms with Gasteiger partial charge in [-0.15, -0.1) is 0 Å². The van der Waals surface area contributed by atoms with E-state index < -0.39 is 0 Å². The van der Waals surface area contributed by atoms with E-state index in [0.29, 0.717) is 24.0 Å². The van der Waals surface area contributed by atoms with Gasteiger partial charge in [0.25, 0.3) is 0 Å². The average molecular weight is 253 g/mol. The van der Waals surface area contributed by atoms with E-state index in [-0.39, 0.29) is 0 Å². The summed E-state index contributed by atoms with van der Waals surface area (Å²) in [6, 6.07) is 3.57. The molecule has 1 N–H and O–H groups in total. The molecule has 0 bridgehead atoms. The predicted molar refractivity (Wildman–Crippen MR) is 66.6 cm³/mol. The zero-order chi connectivity index (χ0) is 12.1. The van der Waals surface area contributed by atoms with Crippen LogP contribution in [0.1, 0.15) is 0 Å². The zero-order valence-corrected chi connectivity index (χ0v) is 10.2. The normalized spacial score (nSPS) is 10.5. The smallest absolute Gasteiger partial charge is 0.149 e. The van der Waals surface area contributed by atoms with Gasteiger partial charge < -0.3 is 10.1 Å². The summed E-state index contributed by atoms with van der Waals surface area (Å²) in [7, 11) is 1.66. The number of hydrogen-bond acceptors (Lipinski definition) is 4. The van der Waals surface area contributed by atoms with E-state index in [1.54, 1.807) is 36.3 Å². The Morgan fingerprint density at radius 1 is 1.53 bits per heavy atom. The van der Waals surface area contributed by atoms with Crippen molar-refractivity contribution >= 4 is 23.1 Å². The maximum Gasteiger partial charge on any atom is 0.149 e. The highest BCUT2D eigenvalue weighted by atomic mass is 35.5. The van der Waals surface area contributed by atoms with Crippen molar-refractivity contribution in [2.24, 2.45) is 0 Å². The minimum absolute atomic E-state index is 0.581. The Labute approximate surface area is 104 Å². The molecule has 0 amide bonds. The molecule has 2 aromatic heterocycles. The van der Waals surface area contributed by atoms with E-state index >= 15 is 0 Å². The van der Waals surface area contributed by atoms with E-state index in [9.17, 15) is 0 Å². The second-order valence-corrected chi connectivity index (χ2v) is 3.85. The van der Waals surface area contributed by atoms with Crippen LogP contribution >= 0.6 is 11.6 Å². The van der Waals surface area contributed by atoms with Gasteiger partial charge in [0, 0.05) is 19.5 Å². The van der Waals surface area contributed by atoms with Gasteiger partial charge in [-0.1, -0.05) is 11.6 Å². The second-order valence-electron chi connectivity index (χ2n) is 3.44. The van der Waals surface area contributed by atoms with Gasteiger partial charge in [-0.25, -0.2) is 4.98 Å². The van der Waals surface area contributed by atoms with Crippen molar-refractivity contribution in [3.8, 4) is 0 Å². The first-order valence-electron chi connectivity index (χ1n) is 5.18. The molecule has 2 aromatic rings. The SMILES string of the molecule is COCCn1cc(Nc2ncccc2Cl)cn1. The molecule has 0 atom stereocenters. The molecule has 0 saturated heterocycles. The van der Waals surface area contributed by atoms with Gasteiger partial charge in [0.2, 0.25) is 0 Å². The van der Waals surface area contributed by atoms with E-state index in [1.165, 1.54) is 0 Å². The van der Waals surface area contributed by atoms with Crippen molar-refractivity contribution in [2.45, 2.75) is 6.54 Å². The van der Waals surface area contributed by atoms with Crippen LogP contribution in [-0.2, 0) is 11.3 Å². The molecular formula is C11H13ClN4O. The van der Waals surface area contributed by atoms with Crippen molar-refractivity contribution in [3.05, 3.63) is 35.7 Å². The number of pyridine rings is 1. The van der Waals surface area contributed by atoms with Gasteiger partial charge in [0.05, 0.1) is 30.1 Å². The lowest BCUT2D eigenvalue weighted by Crippen LogP contribution is -2.03. The Morgan fingerprint density at radius 3 is 3.18 bits per heavy atom. The number of hydrogen-bond donors (Lipinski definition) is 1. The molecule has 0 saturated carbocycles. The molecule has 90 valence electrons. The number of anilines is 2. The van der Waals surface area contributed by atoms with E-state index in [2.05, 4.69) is 15.4 Å². The predicted octanol–water partition coefficient (Wildman–Crippen LogP) is 2.32. The Balaban J connectivity index is 2.04. The highest BCUT2D eigenvalue weighted by molar-refractivity contribution is 6.33. The van der Waals surface area contributed by atoms with E-state index in [4.69, 9.17) is 16.3 Å². The third-order valence-corrected chi connectivity index (χ3v) is 2.48. The Hall–Kier alpha value is -1.59.